The average molecular weight is 954 g/mol. The monoisotopic (exact) mass is 954 g/mol. The molecule has 0 heterocycles. The lowest BCUT2D eigenvalue weighted by Gasteiger charge is -2.27. The summed E-state index contributed by atoms with van der Waals surface area (Å²) in [6, 6.07) is 12.0. The fraction of sp³-hybridized carbons (Fsp3) is 0.585. The van der Waals surface area contributed by atoms with Gasteiger partial charge in [-0.15, -0.1) is 0 Å². The van der Waals surface area contributed by atoms with Crippen molar-refractivity contribution in [1.29, 1.82) is 0 Å². The molecule has 9 nitrogen and oxygen atoms in total. The van der Waals surface area contributed by atoms with Crippen molar-refractivity contribution >= 4 is 30.1 Å². The van der Waals surface area contributed by atoms with E-state index in [-0.39, 0.29) is 84.3 Å². The van der Waals surface area contributed by atoms with Crippen LogP contribution in [0.3, 0.4) is 0 Å². The van der Waals surface area contributed by atoms with Gasteiger partial charge in [-0.2, -0.15) is 4.31 Å². The molecule has 0 unspecified atom stereocenters. The van der Waals surface area contributed by atoms with Crippen molar-refractivity contribution in [3.63, 3.8) is 0 Å². The van der Waals surface area contributed by atoms with E-state index >= 15 is 8.42 Å². The molecule has 0 fully saturated rings. The smallest absolute Gasteiger partial charge is 0.207 e. The SMILES string of the molecule is CC(C)c1cc(C(C)C)c(S(=O)(=O)NC/C=C/CN(C/C=C/CNS(=O)(=O)c2c(C(C)C)cc(C(C)C)cc2C(C)C)S(=O)(=O)c2c(C(C)C)cc(C(C)C)cc2C(C)C)c(C(C)C)c1. The molecule has 0 atom stereocenters. The maximum absolute atomic E-state index is 15.1. The molecule has 0 radical (unpaired) electrons. The molecule has 0 saturated heterocycles. The zero-order valence-corrected chi connectivity index (χ0v) is 45.4. The van der Waals surface area contributed by atoms with E-state index in [0.29, 0.717) is 9.79 Å². The van der Waals surface area contributed by atoms with Crippen LogP contribution in [0.4, 0.5) is 0 Å². The summed E-state index contributed by atoms with van der Waals surface area (Å²) in [5.41, 5.74) is 7.86. The molecule has 3 aromatic carbocycles. The fourth-order valence-corrected chi connectivity index (χ4v) is 13.3. The van der Waals surface area contributed by atoms with Crippen LogP contribution in [0, 0.1) is 0 Å². The first-order chi connectivity index (χ1) is 30.0. The molecule has 0 amide bonds. The Labute approximate surface area is 396 Å². The Bertz CT molecular complexity index is 2290. The van der Waals surface area contributed by atoms with Crippen molar-refractivity contribution in [2.75, 3.05) is 26.2 Å². The van der Waals surface area contributed by atoms with Gasteiger partial charge in [-0.3, -0.25) is 0 Å². The van der Waals surface area contributed by atoms with Crippen molar-refractivity contribution in [1.82, 2.24) is 13.7 Å². The summed E-state index contributed by atoms with van der Waals surface area (Å²) in [5, 5.41) is 0. The Balaban J connectivity index is 2.06. The van der Waals surface area contributed by atoms with Gasteiger partial charge in [-0.1, -0.05) is 185 Å². The van der Waals surface area contributed by atoms with Crippen LogP contribution in [0.2, 0.25) is 0 Å². The van der Waals surface area contributed by atoms with E-state index in [4.69, 9.17) is 0 Å². The maximum atomic E-state index is 15.1. The topological polar surface area (TPSA) is 130 Å². The third-order valence-electron chi connectivity index (χ3n) is 12.1. The first-order valence-electron chi connectivity index (χ1n) is 23.8. The van der Waals surface area contributed by atoms with E-state index < -0.39 is 30.1 Å². The molecule has 0 aliphatic carbocycles. The van der Waals surface area contributed by atoms with Crippen molar-refractivity contribution in [2.45, 2.75) is 193 Å². The normalized spacial score (nSPS) is 13.5. The highest BCUT2D eigenvalue weighted by atomic mass is 32.2. The average Bonchev–Trinajstić information content (AvgIpc) is 3.20. The molecular weight excluding hydrogens is 871 g/mol. The minimum Gasteiger partial charge on any atom is -0.207 e. The number of benzene rings is 3. The Kier molecular flexibility index (Phi) is 20.1. The first kappa shape index (κ1) is 56.2. The standard InChI is InChI=1S/C53H83N3O6S3/c1-33(2)42-27-45(36(7)8)51(46(28-42)37(9)10)63(57,58)54-23-19-21-25-56(65(61,62)53-49(40(15)16)31-44(35(5)6)32-50(53)41(17)18)26-22-20-24-55-64(59,60)52-47(38(11)12)29-43(34(3)4)30-48(52)39(13)14/h19-22,27-41,54-55H,23-26H2,1-18H3/b21-19+,22-20+. The highest BCUT2D eigenvalue weighted by molar-refractivity contribution is 7.90. The highest BCUT2D eigenvalue weighted by Gasteiger charge is 2.32. The second kappa shape index (κ2) is 23.3. The Morgan fingerprint density at radius 2 is 0.600 bits per heavy atom. The second-order valence-corrected chi connectivity index (χ2v) is 25.7. The van der Waals surface area contributed by atoms with E-state index in [2.05, 4.69) is 51.0 Å². The minimum absolute atomic E-state index is 0.0252. The third kappa shape index (κ3) is 14.0. The minimum atomic E-state index is -4.14. The van der Waals surface area contributed by atoms with Crippen molar-refractivity contribution in [3.8, 4) is 0 Å². The van der Waals surface area contributed by atoms with Gasteiger partial charge in [0, 0.05) is 26.2 Å². The first-order valence-corrected chi connectivity index (χ1v) is 28.2. The molecular formula is C53H83N3O6S3. The van der Waals surface area contributed by atoms with Crippen LogP contribution >= 0.6 is 0 Å². The summed E-state index contributed by atoms with van der Waals surface area (Å²) < 4.78 is 93.4. The summed E-state index contributed by atoms with van der Waals surface area (Å²) in [6.07, 6.45) is 6.67. The van der Waals surface area contributed by atoms with Gasteiger partial charge in [-0.05, 0) is 103 Å². The largest absolute Gasteiger partial charge is 0.244 e. The van der Waals surface area contributed by atoms with E-state index in [0.717, 1.165) is 50.1 Å². The van der Waals surface area contributed by atoms with Gasteiger partial charge in [0.1, 0.15) is 0 Å². The lowest BCUT2D eigenvalue weighted by atomic mass is 9.89. The van der Waals surface area contributed by atoms with Crippen LogP contribution in [0.1, 0.15) is 228 Å². The molecule has 3 aromatic rings. The van der Waals surface area contributed by atoms with E-state index in [1.807, 2.05) is 119 Å². The number of sulfonamides is 3. The van der Waals surface area contributed by atoms with E-state index in [9.17, 15) is 16.8 Å². The van der Waals surface area contributed by atoms with E-state index in [1.165, 1.54) is 4.31 Å². The fourth-order valence-electron chi connectivity index (χ4n) is 8.00. The lowest BCUT2D eigenvalue weighted by molar-refractivity contribution is 0.470. The summed E-state index contributed by atoms with van der Waals surface area (Å²) >= 11 is 0. The third-order valence-corrected chi connectivity index (χ3v) is 17.2. The predicted molar refractivity (Wildman–Crippen MR) is 274 cm³/mol. The highest BCUT2D eigenvalue weighted by Crippen LogP contribution is 2.39. The molecule has 0 aromatic heterocycles. The van der Waals surface area contributed by atoms with Crippen LogP contribution < -0.4 is 9.44 Å². The molecule has 0 spiro atoms. The number of nitrogens with one attached hydrogen (secondary N) is 2. The van der Waals surface area contributed by atoms with Crippen molar-refractivity contribution in [2.24, 2.45) is 0 Å². The zero-order valence-electron chi connectivity index (χ0n) is 42.9. The van der Waals surface area contributed by atoms with Gasteiger partial charge in [0.25, 0.3) is 0 Å². The van der Waals surface area contributed by atoms with E-state index in [1.54, 1.807) is 24.3 Å². The number of rotatable bonds is 23. The molecule has 0 aliphatic heterocycles. The van der Waals surface area contributed by atoms with Crippen molar-refractivity contribution < 1.29 is 25.3 Å². The lowest BCUT2D eigenvalue weighted by Crippen LogP contribution is -2.34. The molecule has 12 heteroatoms. The summed E-state index contributed by atoms with van der Waals surface area (Å²) in [7, 11) is -12.0. The van der Waals surface area contributed by atoms with Gasteiger partial charge < -0.3 is 0 Å². The Morgan fingerprint density at radius 1 is 0.369 bits per heavy atom. The van der Waals surface area contributed by atoms with Gasteiger partial charge in [0.2, 0.25) is 30.1 Å². The molecule has 3 rings (SSSR count). The quantitative estimate of drug-likeness (QED) is 0.0911. The number of hydrogen-bond donors (Lipinski definition) is 2. The van der Waals surface area contributed by atoms with Gasteiger partial charge in [0.05, 0.1) is 14.7 Å². The number of hydrogen-bond acceptors (Lipinski definition) is 6. The van der Waals surface area contributed by atoms with Gasteiger partial charge in [-0.25, -0.2) is 34.7 Å². The van der Waals surface area contributed by atoms with Gasteiger partial charge >= 0.3 is 0 Å². The van der Waals surface area contributed by atoms with Crippen LogP contribution in [0.5, 0.6) is 0 Å². The summed E-state index contributed by atoms with van der Waals surface area (Å²) in [5.74, 6) is 0.390. The second-order valence-electron chi connectivity index (χ2n) is 20.4. The molecule has 2 N–H and O–H groups in total. The summed E-state index contributed by atoms with van der Waals surface area (Å²) in [4.78, 5) is 0.909. The van der Waals surface area contributed by atoms with Crippen LogP contribution in [-0.2, 0) is 30.1 Å². The van der Waals surface area contributed by atoms with Crippen LogP contribution in [-0.4, -0.2) is 55.7 Å². The molecule has 0 bridgehead atoms. The van der Waals surface area contributed by atoms with Gasteiger partial charge in [0.15, 0.2) is 0 Å². The van der Waals surface area contributed by atoms with Crippen LogP contribution in [0.25, 0.3) is 0 Å². The molecule has 0 aliphatic rings. The molecule has 0 saturated carbocycles. The molecule has 65 heavy (non-hydrogen) atoms. The Morgan fingerprint density at radius 3 is 0.815 bits per heavy atom. The van der Waals surface area contributed by atoms with Crippen molar-refractivity contribution in [3.05, 3.63) is 111 Å². The van der Waals surface area contributed by atoms with Crippen LogP contribution in [0.15, 0.2) is 75.4 Å². The summed E-state index contributed by atoms with van der Waals surface area (Å²) in [6.45, 7) is 36.5. The zero-order chi connectivity index (χ0) is 49.5. The maximum Gasteiger partial charge on any atom is 0.244 e. The number of nitrogens with zero attached hydrogens (tertiary/aromatic N) is 1. The predicted octanol–water partition coefficient (Wildman–Crippen LogP) is 12.9. The Hall–Kier alpha value is -3.13. The molecule has 364 valence electrons.